The molecule has 0 atom stereocenters. The van der Waals surface area contributed by atoms with Crippen LogP contribution in [-0.4, -0.2) is 42.0 Å². The number of amides is 1. The molecule has 0 bridgehead atoms. The van der Waals surface area contributed by atoms with Gasteiger partial charge in [-0.3, -0.25) is 4.79 Å². The highest BCUT2D eigenvalue weighted by Gasteiger charge is 2.12. The number of nitrogens with zero attached hydrogens (tertiary/aromatic N) is 3. The average molecular weight is 356 g/mol. The first-order valence-corrected chi connectivity index (χ1v) is 8.65. The van der Waals surface area contributed by atoms with Crippen molar-refractivity contribution >= 4 is 23.5 Å². The highest BCUT2D eigenvalue weighted by molar-refractivity contribution is 6.04. The average Bonchev–Trinajstić information content (AvgIpc) is 2.67. The molecule has 2 rings (SSSR count). The molecule has 0 fully saturated rings. The van der Waals surface area contributed by atoms with Crippen LogP contribution < -0.4 is 10.2 Å². The van der Waals surface area contributed by atoms with Crippen molar-refractivity contribution in [1.29, 1.82) is 0 Å². The molecule has 1 aromatic carbocycles. The van der Waals surface area contributed by atoms with Crippen molar-refractivity contribution in [3.63, 3.8) is 0 Å². The number of nitrogens with one attached hydrogen (secondary N) is 1. The standard InChI is InChI=1S/C19H24N4O3/c1-4-9-23(10-5-2)19-20-12-15(13-21-19)17(24)22-16-8-6-7-14(11-16)18(25)26-3/h6-8,11-13H,4-5,9-10H2,1-3H3,(H,22,24). The minimum atomic E-state index is -0.458. The van der Waals surface area contributed by atoms with Gasteiger partial charge in [-0.2, -0.15) is 0 Å². The highest BCUT2D eigenvalue weighted by Crippen LogP contribution is 2.14. The van der Waals surface area contributed by atoms with Crippen LogP contribution in [0, 0.1) is 0 Å². The Labute approximate surface area is 153 Å². The van der Waals surface area contributed by atoms with Crippen molar-refractivity contribution in [2.24, 2.45) is 0 Å². The van der Waals surface area contributed by atoms with Crippen molar-refractivity contribution in [3.8, 4) is 0 Å². The Bertz CT molecular complexity index is 741. The second-order valence-electron chi connectivity index (χ2n) is 5.79. The van der Waals surface area contributed by atoms with Gasteiger partial charge in [0.25, 0.3) is 5.91 Å². The molecule has 26 heavy (non-hydrogen) atoms. The summed E-state index contributed by atoms with van der Waals surface area (Å²) < 4.78 is 4.68. The predicted molar refractivity (Wildman–Crippen MR) is 101 cm³/mol. The van der Waals surface area contributed by atoms with Crippen LogP contribution in [0.2, 0.25) is 0 Å². The van der Waals surface area contributed by atoms with E-state index >= 15 is 0 Å². The molecule has 7 heteroatoms. The van der Waals surface area contributed by atoms with E-state index in [2.05, 4.69) is 38.8 Å². The lowest BCUT2D eigenvalue weighted by Crippen LogP contribution is -2.27. The van der Waals surface area contributed by atoms with Crippen LogP contribution in [0.3, 0.4) is 0 Å². The first-order chi connectivity index (χ1) is 12.6. The minimum absolute atomic E-state index is 0.337. The first-order valence-electron chi connectivity index (χ1n) is 8.65. The quantitative estimate of drug-likeness (QED) is 0.732. The number of rotatable bonds is 8. The Morgan fingerprint density at radius 2 is 1.73 bits per heavy atom. The third-order valence-electron chi connectivity index (χ3n) is 3.71. The smallest absolute Gasteiger partial charge is 0.337 e. The Morgan fingerprint density at radius 3 is 2.31 bits per heavy atom. The summed E-state index contributed by atoms with van der Waals surface area (Å²) in [7, 11) is 1.31. The zero-order chi connectivity index (χ0) is 18.9. The van der Waals surface area contributed by atoms with E-state index in [1.165, 1.54) is 19.5 Å². The highest BCUT2D eigenvalue weighted by atomic mass is 16.5. The van der Waals surface area contributed by atoms with Crippen molar-refractivity contribution < 1.29 is 14.3 Å². The number of aromatic nitrogens is 2. The normalized spacial score (nSPS) is 10.3. The van der Waals surface area contributed by atoms with Crippen LogP contribution in [0.25, 0.3) is 0 Å². The molecule has 0 saturated carbocycles. The largest absolute Gasteiger partial charge is 0.465 e. The van der Waals surface area contributed by atoms with E-state index in [4.69, 9.17) is 0 Å². The number of carbonyl (C=O) groups excluding carboxylic acids is 2. The van der Waals surface area contributed by atoms with Crippen LogP contribution in [0.5, 0.6) is 0 Å². The van der Waals surface area contributed by atoms with Crippen molar-refractivity contribution in [3.05, 3.63) is 47.8 Å². The number of methoxy groups -OCH3 is 1. The van der Waals surface area contributed by atoms with E-state index in [0.29, 0.717) is 22.8 Å². The van der Waals surface area contributed by atoms with Gasteiger partial charge in [-0.1, -0.05) is 19.9 Å². The van der Waals surface area contributed by atoms with Crippen LogP contribution in [0.1, 0.15) is 47.4 Å². The first kappa shape index (κ1) is 19.4. The summed E-state index contributed by atoms with van der Waals surface area (Å²) >= 11 is 0. The lowest BCUT2D eigenvalue weighted by molar-refractivity contribution is 0.0600. The number of carbonyl (C=O) groups is 2. The lowest BCUT2D eigenvalue weighted by atomic mass is 10.2. The number of esters is 1. The van der Waals surface area contributed by atoms with Crippen molar-refractivity contribution in [2.75, 3.05) is 30.4 Å². The van der Waals surface area contributed by atoms with Crippen molar-refractivity contribution in [1.82, 2.24) is 9.97 Å². The molecule has 138 valence electrons. The molecule has 1 aromatic heterocycles. The number of anilines is 2. The fraction of sp³-hybridized carbons (Fsp3) is 0.368. The van der Waals surface area contributed by atoms with Gasteiger partial charge < -0.3 is 15.0 Å². The SMILES string of the molecule is CCCN(CCC)c1ncc(C(=O)Nc2cccc(C(=O)OC)c2)cn1. The van der Waals surface area contributed by atoms with Gasteiger partial charge in [0, 0.05) is 31.2 Å². The third kappa shape index (κ3) is 5.02. The van der Waals surface area contributed by atoms with Gasteiger partial charge >= 0.3 is 5.97 Å². The molecule has 0 aliphatic carbocycles. The van der Waals surface area contributed by atoms with E-state index < -0.39 is 5.97 Å². The van der Waals surface area contributed by atoms with E-state index in [9.17, 15) is 9.59 Å². The zero-order valence-corrected chi connectivity index (χ0v) is 15.4. The van der Waals surface area contributed by atoms with Crippen LogP contribution in [-0.2, 0) is 4.74 Å². The van der Waals surface area contributed by atoms with E-state index in [-0.39, 0.29) is 5.91 Å². The van der Waals surface area contributed by atoms with Gasteiger partial charge in [0.15, 0.2) is 0 Å². The van der Waals surface area contributed by atoms with E-state index in [1.54, 1.807) is 24.3 Å². The molecular formula is C19H24N4O3. The van der Waals surface area contributed by atoms with E-state index in [1.807, 2.05) is 0 Å². The maximum absolute atomic E-state index is 12.4. The van der Waals surface area contributed by atoms with Gasteiger partial charge in [0.2, 0.25) is 5.95 Å². The number of ether oxygens (including phenoxy) is 1. The lowest BCUT2D eigenvalue weighted by Gasteiger charge is -2.21. The molecule has 1 heterocycles. The molecule has 1 amide bonds. The zero-order valence-electron chi connectivity index (χ0n) is 15.4. The molecule has 1 N–H and O–H groups in total. The summed E-state index contributed by atoms with van der Waals surface area (Å²) in [5.74, 6) is -0.172. The van der Waals surface area contributed by atoms with Gasteiger partial charge in [0.05, 0.1) is 18.2 Å². The molecule has 0 spiro atoms. The minimum Gasteiger partial charge on any atom is -0.465 e. The molecule has 0 aliphatic heterocycles. The molecule has 0 unspecified atom stereocenters. The summed E-state index contributed by atoms with van der Waals surface area (Å²) in [6.07, 6.45) is 5.03. The Balaban J connectivity index is 2.09. The van der Waals surface area contributed by atoms with Gasteiger partial charge in [-0.05, 0) is 31.0 Å². The van der Waals surface area contributed by atoms with Crippen LogP contribution in [0.4, 0.5) is 11.6 Å². The molecular weight excluding hydrogens is 332 g/mol. The summed E-state index contributed by atoms with van der Waals surface area (Å²) in [5, 5.41) is 2.74. The topological polar surface area (TPSA) is 84.4 Å². The fourth-order valence-electron chi connectivity index (χ4n) is 2.50. The maximum Gasteiger partial charge on any atom is 0.337 e. The van der Waals surface area contributed by atoms with Gasteiger partial charge in [-0.25, -0.2) is 14.8 Å². The number of hydrogen-bond donors (Lipinski definition) is 1. The van der Waals surface area contributed by atoms with E-state index in [0.717, 1.165) is 25.9 Å². The number of benzene rings is 1. The summed E-state index contributed by atoms with van der Waals surface area (Å²) in [6, 6.07) is 6.55. The maximum atomic E-state index is 12.4. The second-order valence-corrected chi connectivity index (χ2v) is 5.79. The summed E-state index contributed by atoms with van der Waals surface area (Å²) in [5.41, 5.74) is 1.22. The fourth-order valence-corrected chi connectivity index (χ4v) is 2.50. The van der Waals surface area contributed by atoms with Crippen molar-refractivity contribution in [2.45, 2.75) is 26.7 Å². The molecule has 2 aromatic rings. The number of hydrogen-bond acceptors (Lipinski definition) is 6. The molecule has 0 radical (unpaired) electrons. The molecule has 0 aliphatic rings. The summed E-state index contributed by atoms with van der Waals surface area (Å²) in [6.45, 7) is 5.96. The Kier molecular flexibility index (Phi) is 7.08. The van der Waals surface area contributed by atoms with Gasteiger partial charge in [0.1, 0.15) is 0 Å². The second kappa shape index (κ2) is 9.50. The van der Waals surface area contributed by atoms with Crippen LogP contribution in [0.15, 0.2) is 36.7 Å². The summed E-state index contributed by atoms with van der Waals surface area (Å²) in [4.78, 5) is 34.7. The predicted octanol–water partition coefficient (Wildman–Crippen LogP) is 3.14. The Hall–Kier alpha value is -2.96. The third-order valence-corrected chi connectivity index (χ3v) is 3.71. The monoisotopic (exact) mass is 356 g/mol. The Morgan fingerprint density at radius 1 is 1.08 bits per heavy atom. The van der Waals surface area contributed by atoms with Crippen LogP contribution >= 0.6 is 0 Å². The molecule has 7 nitrogen and oxygen atoms in total. The van der Waals surface area contributed by atoms with Gasteiger partial charge in [-0.15, -0.1) is 0 Å². The molecule has 0 saturated heterocycles.